The number of aromatic amines is 1. The molecule has 0 radical (unpaired) electrons. The molecule has 0 aliphatic heterocycles. The number of carbonyl (C=O) groups excluding carboxylic acids is 1. The summed E-state index contributed by atoms with van der Waals surface area (Å²) in [5.41, 5.74) is 8.69. The largest absolute Gasteiger partial charge is 0.496 e. The van der Waals surface area contributed by atoms with Crippen LogP contribution in [0, 0.1) is 0 Å². The number of primary amides is 1. The standard InChI is InChI=1S/C21H19N3O3/c1-24-18-13-8-4-5-9-15(13)23-21(26)17(18)14(19(24)20(22)25)11-12-7-3-6-10-16(12)27-2/h3-10H,11H2,1-2H3,(H2,22,25)(H,23,26). The van der Waals surface area contributed by atoms with Gasteiger partial charge in [0.1, 0.15) is 11.4 Å². The van der Waals surface area contributed by atoms with Crippen molar-refractivity contribution in [3.8, 4) is 5.75 Å². The number of hydrogen-bond acceptors (Lipinski definition) is 3. The predicted octanol–water partition coefficient (Wildman–Crippen LogP) is 2.72. The lowest BCUT2D eigenvalue weighted by atomic mass is 10.0. The van der Waals surface area contributed by atoms with E-state index in [1.807, 2.05) is 48.5 Å². The maximum Gasteiger partial charge on any atom is 0.265 e. The van der Waals surface area contributed by atoms with E-state index in [4.69, 9.17) is 10.5 Å². The van der Waals surface area contributed by atoms with Gasteiger partial charge in [0, 0.05) is 24.4 Å². The van der Waals surface area contributed by atoms with Crippen LogP contribution < -0.4 is 16.0 Å². The molecule has 27 heavy (non-hydrogen) atoms. The molecule has 6 nitrogen and oxygen atoms in total. The second-order valence-corrected chi connectivity index (χ2v) is 6.46. The van der Waals surface area contributed by atoms with E-state index < -0.39 is 5.91 Å². The first-order valence-corrected chi connectivity index (χ1v) is 8.57. The number of nitrogens with one attached hydrogen (secondary N) is 1. The molecule has 0 bridgehead atoms. The Balaban J connectivity index is 2.10. The molecule has 2 heterocycles. The summed E-state index contributed by atoms with van der Waals surface area (Å²) in [6, 6.07) is 15.1. The Kier molecular flexibility index (Phi) is 3.96. The highest BCUT2D eigenvalue weighted by atomic mass is 16.5. The van der Waals surface area contributed by atoms with Crippen molar-refractivity contribution >= 4 is 27.7 Å². The third-order valence-electron chi connectivity index (χ3n) is 4.95. The van der Waals surface area contributed by atoms with Crippen molar-refractivity contribution in [2.45, 2.75) is 6.42 Å². The molecule has 0 aliphatic carbocycles. The van der Waals surface area contributed by atoms with Crippen LogP contribution in [0.1, 0.15) is 21.6 Å². The lowest BCUT2D eigenvalue weighted by molar-refractivity contribution is 0.0992. The fourth-order valence-corrected chi connectivity index (χ4v) is 3.81. The number of rotatable bonds is 4. The number of hydrogen-bond donors (Lipinski definition) is 2. The van der Waals surface area contributed by atoms with E-state index in [0.29, 0.717) is 34.3 Å². The highest BCUT2D eigenvalue weighted by Crippen LogP contribution is 2.31. The molecule has 0 saturated heterocycles. The summed E-state index contributed by atoms with van der Waals surface area (Å²) in [6.07, 6.45) is 0.362. The zero-order valence-electron chi connectivity index (χ0n) is 15.1. The molecule has 6 heteroatoms. The molecule has 3 N–H and O–H groups in total. The van der Waals surface area contributed by atoms with Crippen LogP contribution in [0.3, 0.4) is 0 Å². The van der Waals surface area contributed by atoms with Gasteiger partial charge in [-0.1, -0.05) is 36.4 Å². The van der Waals surface area contributed by atoms with Crippen LogP contribution in [0.15, 0.2) is 53.3 Å². The fraction of sp³-hybridized carbons (Fsp3) is 0.143. The number of aromatic nitrogens is 2. The Bertz CT molecular complexity index is 1250. The number of carbonyl (C=O) groups is 1. The lowest BCUT2D eigenvalue weighted by Gasteiger charge is -2.09. The van der Waals surface area contributed by atoms with Crippen LogP contribution in [-0.4, -0.2) is 22.6 Å². The monoisotopic (exact) mass is 361 g/mol. The van der Waals surface area contributed by atoms with E-state index >= 15 is 0 Å². The van der Waals surface area contributed by atoms with Gasteiger partial charge in [0.25, 0.3) is 11.5 Å². The minimum Gasteiger partial charge on any atom is -0.496 e. The molecule has 0 atom stereocenters. The smallest absolute Gasteiger partial charge is 0.265 e. The van der Waals surface area contributed by atoms with Crippen molar-refractivity contribution in [2.24, 2.45) is 12.8 Å². The fourth-order valence-electron chi connectivity index (χ4n) is 3.81. The van der Waals surface area contributed by atoms with Gasteiger partial charge in [-0.2, -0.15) is 0 Å². The van der Waals surface area contributed by atoms with Crippen LogP contribution in [-0.2, 0) is 13.5 Å². The van der Waals surface area contributed by atoms with Crippen LogP contribution in [0.5, 0.6) is 5.75 Å². The van der Waals surface area contributed by atoms with Gasteiger partial charge in [0.05, 0.1) is 23.5 Å². The molecule has 0 unspecified atom stereocenters. The van der Waals surface area contributed by atoms with E-state index in [0.717, 1.165) is 16.5 Å². The van der Waals surface area contributed by atoms with E-state index in [2.05, 4.69) is 4.98 Å². The van der Waals surface area contributed by atoms with Crippen molar-refractivity contribution in [3.63, 3.8) is 0 Å². The Morgan fingerprint density at radius 2 is 1.85 bits per heavy atom. The molecule has 2 aromatic carbocycles. The number of amides is 1. The van der Waals surface area contributed by atoms with Crippen LogP contribution in [0.2, 0.25) is 0 Å². The maximum atomic E-state index is 12.9. The molecule has 0 aliphatic rings. The summed E-state index contributed by atoms with van der Waals surface area (Å²) in [5.74, 6) is 0.129. The van der Waals surface area contributed by atoms with Gasteiger partial charge in [-0.15, -0.1) is 0 Å². The molecule has 0 saturated carbocycles. The van der Waals surface area contributed by atoms with Gasteiger partial charge in [0.15, 0.2) is 0 Å². The number of nitrogens with two attached hydrogens (primary N) is 1. The van der Waals surface area contributed by atoms with Crippen molar-refractivity contribution in [3.05, 3.63) is 75.7 Å². The summed E-state index contributed by atoms with van der Waals surface area (Å²) in [7, 11) is 3.36. The quantitative estimate of drug-likeness (QED) is 0.586. The summed E-state index contributed by atoms with van der Waals surface area (Å²) in [4.78, 5) is 28.1. The van der Waals surface area contributed by atoms with E-state index in [-0.39, 0.29) is 5.56 Å². The molecular formula is C21H19N3O3. The minimum atomic E-state index is -0.568. The molecule has 4 rings (SSSR count). The van der Waals surface area contributed by atoms with E-state index in [1.165, 1.54) is 0 Å². The summed E-state index contributed by atoms with van der Waals surface area (Å²) < 4.78 is 7.15. The first-order chi connectivity index (χ1) is 13.0. The normalized spacial score (nSPS) is 11.2. The topological polar surface area (TPSA) is 90.1 Å². The number of para-hydroxylation sites is 2. The minimum absolute atomic E-state index is 0.239. The van der Waals surface area contributed by atoms with Gasteiger partial charge in [-0.25, -0.2) is 0 Å². The predicted molar refractivity (Wildman–Crippen MR) is 105 cm³/mol. The third kappa shape index (κ3) is 2.57. The number of fused-ring (bicyclic) bond motifs is 3. The maximum absolute atomic E-state index is 12.9. The van der Waals surface area contributed by atoms with E-state index in [9.17, 15) is 9.59 Å². The number of nitrogens with zero attached hydrogens (tertiary/aromatic N) is 1. The number of methoxy groups -OCH3 is 1. The van der Waals surface area contributed by atoms with Gasteiger partial charge >= 0.3 is 0 Å². The van der Waals surface area contributed by atoms with Crippen molar-refractivity contribution in [1.29, 1.82) is 0 Å². The van der Waals surface area contributed by atoms with Gasteiger partial charge in [-0.05, 0) is 17.7 Å². The highest BCUT2D eigenvalue weighted by Gasteiger charge is 2.24. The van der Waals surface area contributed by atoms with Crippen molar-refractivity contribution in [1.82, 2.24) is 9.55 Å². The first-order valence-electron chi connectivity index (χ1n) is 8.57. The summed E-state index contributed by atoms with van der Waals surface area (Å²) in [5, 5.41) is 1.35. The van der Waals surface area contributed by atoms with Gasteiger partial charge < -0.3 is 20.0 Å². The van der Waals surface area contributed by atoms with Crippen molar-refractivity contribution < 1.29 is 9.53 Å². The van der Waals surface area contributed by atoms with Crippen LogP contribution in [0.25, 0.3) is 21.8 Å². The number of aryl methyl sites for hydroxylation is 1. The van der Waals surface area contributed by atoms with E-state index in [1.54, 1.807) is 18.7 Å². The molecule has 1 amide bonds. The third-order valence-corrected chi connectivity index (χ3v) is 4.95. The average Bonchev–Trinajstić information content (AvgIpc) is 2.95. The summed E-state index contributed by atoms with van der Waals surface area (Å²) >= 11 is 0. The number of ether oxygens (including phenoxy) is 1. The second kappa shape index (κ2) is 6.32. The Morgan fingerprint density at radius 3 is 2.59 bits per heavy atom. The Hall–Kier alpha value is -3.54. The Morgan fingerprint density at radius 1 is 1.15 bits per heavy atom. The molecule has 136 valence electrons. The zero-order valence-corrected chi connectivity index (χ0v) is 15.1. The molecule has 4 aromatic rings. The SMILES string of the molecule is COc1ccccc1Cc1c(C(N)=O)n(C)c2c1c(=O)[nH]c1ccccc12. The molecule has 2 aromatic heterocycles. The number of pyridine rings is 1. The zero-order chi connectivity index (χ0) is 19.1. The molecule has 0 spiro atoms. The number of benzene rings is 2. The second-order valence-electron chi connectivity index (χ2n) is 6.46. The van der Waals surface area contributed by atoms with Crippen LogP contribution in [0.4, 0.5) is 0 Å². The molecular weight excluding hydrogens is 342 g/mol. The molecule has 0 fully saturated rings. The average molecular weight is 361 g/mol. The van der Waals surface area contributed by atoms with Crippen LogP contribution >= 0.6 is 0 Å². The number of H-pyrrole nitrogens is 1. The Labute approximate surface area is 155 Å². The van der Waals surface area contributed by atoms with Crippen molar-refractivity contribution in [2.75, 3.05) is 7.11 Å². The lowest BCUT2D eigenvalue weighted by Crippen LogP contribution is -2.17. The van der Waals surface area contributed by atoms with Gasteiger partial charge in [-0.3, -0.25) is 9.59 Å². The highest BCUT2D eigenvalue weighted by molar-refractivity contribution is 6.09. The van der Waals surface area contributed by atoms with Gasteiger partial charge in [0.2, 0.25) is 0 Å². The summed E-state index contributed by atoms with van der Waals surface area (Å²) in [6.45, 7) is 0. The first kappa shape index (κ1) is 16.9.